The third kappa shape index (κ3) is 5.36. The largest absolute Gasteiger partial charge is 0.466 e. The fraction of sp³-hybridized carbons (Fsp3) is 0.273. The third-order valence-electron chi connectivity index (χ3n) is 4.17. The molecule has 1 N–H and O–H groups in total. The number of rotatable bonds is 7. The first-order valence-corrected chi connectivity index (χ1v) is 9.33. The zero-order valence-corrected chi connectivity index (χ0v) is 16.4. The van der Waals surface area contributed by atoms with Gasteiger partial charge in [-0.15, -0.1) is 0 Å². The number of pyridine rings is 1. The topological polar surface area (TPSA) is 77.0 Å². The Morgan fingerprint density at radius 3 is 2.64 bits per heavy atom. The molecule has 0 spiro atoms. The molecule has 2 aromatic heterocycles. The van der Waals surface area contributed by atoms with Crippen molar-refractivity contribution in [1.29, 1.82) is 0 Å². The van der Waals surface area contributed by atoms with E-state index in [1.165, 1.54) is 0 Å². The number of anilines is 2. The van der Waals surface area contributed by atoms with Gasteiger partial charge in [0.25, 0.3) is 0 Å². The Bertz CT molecular complexity index is 972. The fourth-order valence-electron chi connectivity index (χ4n) is 2.92. The first-order valence-electron chi connectivity index (χ1n) is 9.33. The smallest absolute Gasteiger partial charge is 0.306 e. The molecular weight excluding hydrogens is 352 g/mol. The summed E-state index contributed by atoms with van der Waals surface area (Å²) in [6.07, 6.45) is 4.39. The number of hydrogen-bond donors (Lipinski definition) is 1. The average molecular weight is 376 g/mol. The van der Waals surface area contributed by atoms with Crippen molar-refractivity contribution in [3.8, 4) is 11.1 Å². The third-order valence-corrected chi connectivity index (χ3v) is 4.17. The maximum absolute atomic E-state index is 11.6. The van der Waals surface area contributed by atoms with Gasteiger partial charge in [0, 0.05) is 35.9 Å². The number of nitrogens with zero attached hydrogens (tertiary/aromatic N) is 3. The van der Waals surface area contributed by atoms with Crippen LogP contribution in [0.2, 0.25) is 0 Å². The van der Waals surface area contributed by atoms with Gasteiger partial charge in [0.15, 0.2) is 0 Å². The minimum absolute atomic E-state index is 0.199. The average Bonchev–Trinajstić information content (AvgIpc) is 2.66. The van der Waals surface area contributed by atoms with Crippen LogP contribution in [0.1, 0.15) is 30.3 Å². The van der Waals surface area contributed by atoms with Crippen molar-refractivity contribution in [1.82, 2.24) is 15.0 Å². The van der Waals surface area contributed by atoms with Gasteiger partial charge >= 0.3 is 5.97 Å². The van der Waals surface area contributed by atoms with E-state index in [0.717, 1.165) is 33.8 Å². The molecule has 0 aliphatic heterocycles. The normalized spacial score (nSPS) is 10.5. The summed E-state index contributed by atoms with van der Waals surface area (Å²) in [6.45, 7) is 6.19. The lowest BCUT2D eigenvalue weighted by Gasteiger charge is -2.10. The van der Waals surface area contributed by atoms with Crippen LogP contribution in [0.4, 0.5) is 11.6 Å². The molecule has 0 radical (unpaired) electrons. The number of ether oxygens (including phenoxy) is 1. The highest BCUT2D eigenvalue weighted by Crippen LogP contribution is 2.26. The van der Waals surface area contributed by atoms with Gasteiger partial charge in [-0.1, -0.05) is 6.07 Å². The molecular formula is C22H24N4O2. The lowest BCUT2D eigenvalue weighted by Crippen LogP contribution is -2.05. The highest BCUT2D eigenvalue weighted by atomic mass is 16.5. The van der Waals surface area contributed by atoms with E-state index in [2.05, 4.69) is 45.4 Å². The molecule has 0 unspecified atom stereocenters. The van der Waals surface area contributed by atoms with E-state index in [1.807, 2.05) is 32.0 Å². The molecule has 0 saturated heterocycles. The van der Waals surface area contributed by atoms with E-state index in [4.69, 9.17) is 4.74 Å². The van der Waals surface area contributed by atoms with E-state index in [1.54, 1.807) is 12.4 Å². The number of esters is 1. The molecule has 1 aromatic carbocycles. The van der Waals surface area contributed by atoms with Crippen molar-refractivity contribution in [2.75, 3.05) is 11.9 Å². The molecule has 3 rings (SSSR count). The number of benzene rings is 1. The zero-order chi connectivity index (χ0) is 19.9. The predicted molar refractivity (Wildman–Crippen MR) is 109 cm³/mol. The first-order chi connectivity index (χ1) is 13.5. The Morgan fingerprint density at radius 2 is 1.86 bits per heavy atom. The molecule has 6 heteroatoms. The van der Waals surface area contributed by atoms with Crippen molar-refractivity contribution in [3.05, 3.63) is 65.7 Å². The van der Waals surface area contributed by atoms with Gasteiger partial charge in [-0.25, -0.2) is 9.97 Å². The molecule has 2 heterocycles. The van der Waals surface area contributed by atoms with Crippen LogP contribution in [0, 0.1) is 13.8 Å². The summed E-state index contributed by atoms with van der Waals surface area (Å²) in [6, 6.07) is 12.1. The molecule has 3 aromatic rings. The summed E-state index contributed by atoms with van der Waals surface area (Å²) in [7, 11) is 0. The van der Waals surface area contributed by atoms with Crippen LogP contribution in [0.3, 0.4) is 0 Å². The van der Waals surface area contributed by atoms with Crippen molar-refractivity contribution >= 4 is 17.6 Å². The maximum Gasteiger partial charge on any atom is 0.306 e. The van der Waals surface area contributed by atoms with Crippen molar-refractivity contribution in [2.45, 2.75) is 33.6 Å². The number of aromatic nitrogens is 3. The maximum atomic E-state index is 11.6. The van der Waals surface area contributed by atoms with E-state index in [9.17, 15) is 4.79 Å². The van der Waals surface area contributed by atoms with Gasteiger partial charge in [0.2, 0.25) is 5.95 Å². The molecule has 28 heavy (non-hydrogen) atoms. The van der Waals surface area contributed by atoms with Crippen molar-refractivity contribution in [3.63, 3.8) is 0 Å². The van der Waals surface area contributed by atoms with Gasteiger partial charge in [0.05, 0.1) is 13.0 Å². The summed E-state index contributed by atoms with van der Waals surface area (Å²) in [4.78, 5) is 24.6. The minimum atomic E-state index is -0.199. The molecule has 0 fully saturated rings. The molecule has 0 atom stereocenters. The van der Waals surface area contributed by atoms with Crippen LogP contribution in [0.5, 0.6) is 0 Å². The highest BCUT2D eigenvalue weighted by Gasteiger charge is 2.07. The van der Waals surface area contributed by atoms with Crippen LogP contribution < -0.4 is 5.32 Å². The zero-order valence-electron chi connectivity index (χ0n) is 16.4. The Labute approximate surface area is 165 Å². The summed E-state index contributed by atoms with van der Waals surface area (Å²) in [5.41, 5.74) is 5.93. The Kier molecular flexibility index (Phi) is 6.32. The van der Waals surface area contributed by atoms with Gasteiger partial charge in [0.1, 0.15) is 0 Å². The van der Waals surface area contributed by atoms with Crippen LogP contribution in [-0.2, 0) is 16.0 Å². The van der Waals surface area contributed by atoms with Gasteiger partial charge in [-0.05, 0) is 67.8 Å². The van der Waals surface area contributed by atoms with Crippen LogP contribution in [0.15, 0.2) is 48.8 Å². The van der Waals surface area contributed by atoms with Gasteiger partial charge in [-0.2, -0.15) is 0 Å². The van der Waals surface area contributed by atoms with E-state index < -0.39 is 0 Å². The summed E-state index contributed by atoms with van der Waals surface area (Å²) < 4.78 is 4.99. The quantitative estimate of drug-likeness (QED) is 0.616. The number of aryl methyl sites for hydroxylation is 3. The Hall–Kier alpha value is -3.28. The molecule has 0 aliphatic rings. The Morgan fingerprint density at radius 1 is 1.04 bits per heavy atom. The van der Waals surface area contributed by atoms with Gasteiger partial charge < -0.3 is 10.1 Å². The predicted octanol–water partition coefficient (Wildman–Crippen LogP) is 4.39. The number of carbonyl (C=O) groups is 1. The second kappa shape index (κ2) is 9.08. The summed E-state index contributed by atoms with van der Waals surface area (Å²) in [5, 5.41) is 3.27. The fourth-order valence-corrected chi connectivity index (χ4v) is 2.92. The summed E-state index contributed by atoms with van der Waals surface area (Å²) in [5.74, 6) is 0.372. The van der Waals surface area contributed by atoms with E-state index >= 15 is 0 Å². The minimum Gasteiger partial charge on any atom is -0.466 e. The molecule has 0 aliphatic carbocycles. The van der Waals surface area contributed by atoms with Crippen LogP contribution in [0.25, 0.3) is 11.1 Å². The van der Waals surface area contributed by atoms with Crippen LogP contribution >= 0.6 is 0 Å². The first kappa shape index (κ1) is 19.5. The molecule has 0 amide bonds. The van der Waals surface area contributed by atoms with Gasteiger partial charge in [-0.3, -0.25) is 9.78 Å². The number of hydrogen-bond acceptors (Lipinski definition) is 6. The standard InChI is InChI=1S/C22H24N4O2/c1-4-28-21(27)6-5-19-13-17(8-10-23-19)18-11-15(2)12-20(14-18)26-22-24-9-7-16(3)25-22/h7-14H,4-6H2,1-3H3,(H,24,25,26). The SMILES string of the molecule is CCOC(=O)CCc1cc(-c2cc(C)cc(Nc3nccc(C)n3)c2)ccn1. The molecule has 6 nitrogen and oxygen atoms in total. The second-order valence-electron chi connectivity index (χ2n) is 6.58. The van der Waals surface area contributed by atoms with Crippen LogP contribution in [-0.4, -0.2) is 27.5 Å². The second-order valence-corrected chi connectivity index (χ2v) is 6.58. The molecule has 144 valence electrons. The monoisotopic (exact) mass is 376 g/mol. The van der Waals surface area contributed by atoms with E-state index in [-0.39, 0.29) is 5.97 Å². The lowest BCUT2D eigenvalue weighted by molar-refractivity contribution is -0.143. The number of carbonyl (C=O) groups excluding carboxylic acids is 1. The molecule has 0 bridgehead atoms. The summed E-state index contributed by atoms with van der Waals surface area (Å²) >= 11 is 0. The molecule has 0 saturated carbocycles. The highest BCUT2D eigenvalue weighted by molar-refractivity contribution is 5.72. The number of nitrogens with one attached hydrogen (secondary N) is 1. The van der Waals surface area contributed by atoms with Crippen molar-refractivity contribution < 1.29 is 9.53 Å². The van der Waals surface area contributed by atoms with Crippen molar-refractivity contribution in [2.24, 2.45) is 0 Å². The van der Waals surface area contributed by atoms with E-state index in [0.29, 0.717) is 25.4 Å². The lowest BCUT2D eigenvalue weighted by atomic mass is 10.0. The Balaban J connectivity index is 1.80.